The second-order valence-corrected chi connectivity index (χ2v) is 6.68. The van der Waals surface area contributed by atoms with Crippen LogP contribution < -0.4 is 15.1 Å². The molecule has 0 amide bonds. The Bertz CT molecular complexity index is 904. The summed E-state index contributed by atoms with van der Waals surface area (Å²) in [5, 5.41) is 3.13. The molecule has 4 rings (SSSR count). The van der Waals surface area contributed by atoms with Gasteiger partial charge in [0.25, 0.3) is 0 Å². The van der Waals surface area contributed by atoms with Crippen molar-refractivity contribution in [3.8, 4) is 0 Å². The topological polar surface area (TPSA) is 44.3 Å². The van der Waals surface area contributed by atoms with Crippen molar-refractivity contribution in [1.29, 1.82) is 0 Å². The molecule has 2 heterocycles. The van der Waals surface area contributed by atoms with Crippen LogP contribution in [0.25, 0.3) is 0 Å². The van der Waals surface area contributed by atoms with E-state index in [1.165, 1.54) is 23.4 Å². The van der Waals surface area contributed by atoms with Crippen molar-refractivity contribution in [1.82, 2.24) is 9.97 Å². The quantitative estimate of drug-likeness (QED) is 0.759. The Kier molecular flexibility index (Phi) is 4.87. The number of nitrogens with zero attached hydrogens (tertiary/aromatic N) is 4. The SMILES string of the molecule is Cc1cccc(N2CCN(c3ccnc(Nc4ccc(F)cc4)n3)CC2)c1. The molecule has 1 N–H and O–H groups in total. The Morgan fingerprint density at radius 2 is 1.67 bits per heavy atom. The molecule has 1 fully saturated rings. The summed E-state index contributed by atoms with van der Waals surface area (Å²) in [7, 11) is 0. The lowest BCUT2D eigenvalue weighted by Gasteiger charge is -2.36. The van der Waals surface area contributed by atoms with Gasteiger partial charge in [0.2, 0.25) is 5.95 Å². The van der Waals surface area contributed by atoms with E-state index < -0.39 is 0 Å². The van der Waals surface area contributed by atoms with E-state index >= 15 is 0 Å². The Hall–Kier alpha value is -3.15. The Morgan fingerprint density at radius 3 is 2.41 bits per heavy atom. The number of hydrogen-bond donors (Lipinski definition) is 1. The predicted octanol–water partition coefficient (Wildman–Crippen LogP) is 3.99. The van der Waals surface area contributed by atoms with E-state index in [9.17, 15) is 4.39 Å². The fraction of sp³-hybridized carbons (Fsp3) is 0.238. The molecule has 27 heavy (non-hydrogen) atoms. The second kappa shape index (κ2) is 7.61. The zero-order valence-electron chi connectivity index (χ0n) is 15.3. The second-order valence-electron chi connectivity index (χ2n) is 6.68. The zero-order valence-corrected chi connectivity index (χ0v) is 15.3. The summed E-state index contributed by atoms with van der Waals surface area (Å²) >= 11 is 0. The van der Waals surface area contributed by atoms with Crippen molar-refractivity contribution in [2.24, 2.45) is 0 Å². The Labute approximate surface area is 158 Å². The van der Waals surface area contributed by atoms with Crippen LogP contribution in [0.3, 0.4) is 0 Å². The first-order valence-electron chi connectivity index (χ1n) is 9.09. The first kappa shape index (κ1) is 17.3. The third-order valence-electron chi connectivity index (χ3n) is 4.71. The molecule has 0 bridgehead atoms. The number of aryl methyl sites for hydroxylation is 1. The average Bonchev–Trinajstić information content (AvgIpc) is 2.70. The number of rotatable bonds is 4. The van der Waals surface area contributed by atoms with Gasteiger partial charge in [-0.15, -0.1) is 0 Å². The van der Waals surface area contributed by atoms with Crippen LogP contribution in [0.4, 0.5) is 27.5 Å². The molecule has 0 radical (unpaired) electrons. The van der Waals surface area contributed by atoms with Gasteiger partial charge in [0.05, 0.1) is 0 Å². The molecule has 1 saturated heterocycles. The van der Waals surface area contributed by atoms with E-state index in [1.807, 2.05) is 6.07 Å². The third-order valence-corrected chi connectivity index (χ3v) is 4.71. The normalized spacial score (nSPS) is 14.3. The van der Waals surface area contributed by atoms with Gasteiger partial charge >= 0.3 is 0 Å². The molecule has 6 heteroatoms. The minimum atomic E-state index is -0.262. The van der Waals surface area contributed by atoms with Gasteiger partial charge in [-0.3, -0.25) is 0 Å². The number of anilines is 4. The van der Waals surface area contributed by atoms with Crippen molar-refractivity contribution < 1.29 is 4.39 Å². The minimum Gasteiger partial charge on any atom is -0.368 e. The summed E-state index contributed by atoms with van der Waals surface area (Å²) in [6.07, 6.45) is 1.75. The zero-order chi connectivity index (χ0) is 18.6. The standard InChI is InChI=1S/C21H22FN5/c1-16-3-2-4-19(15-16)26-11-13-27(14-12-26)20-9-10-23-21(25-20)24-18-7-5-17(22)6-8-18/h2-10,15H,11-14H2,1H3,(H,23,24,25). The molecule has 0 unspecified atom stereocenters. The van der Waals surface area contributed by atoms with Crippen LogP contribution in [0, 0.1) is 12.7 Å². The minimum absolute atomic E-state index is 0.262. The number of aromatic nitrogens is 2. The highest BCUT2D eigenvalue weighted by atomic mass is 19.1. The van der Waals surface area contributed by atoms with Crippen LogP contribution in [-0.2, 0) is 0 Å². The highest BCUT2D eigenvalue weighted by Crippen LogP contribution is 2.21. The first-order chi connectivity index (χ1) is 13.2. The van der Waals surface area contributed by atoms with Gasteiger partial charge < -0.3 is 15.1 Å². The van der Waals surface area contributed by atoms with Gasteiger partial charge in [0.15, 0.2) is 0 Å². The monoisotopic (exact) mass is 363 g/mol. The van der Waals surface area contributed by atoms with Gasteiger partial charge in [0.1, 0.15) is 11.6 Å². The average molecular weight is 363 g/mol. The molecule has 3 aromatic rings. The Balaban J connectivity index is 1.42. The number of nitrogens with one attached hydrogen (secondary N) is 1. The van der Waals surface area contributed by atoms with E-state index in [0.717, 1.165) is 37.7 Å². The lowest BCUT2D eigenvalue weighted by Crippen LogP contribution is -2.46. The van der Waals surface area contributed by atoms with E-state index in [4.69, 9.17) is 0 Å². The summed E-state index contributed by atoms with van der Waals surface area (Å²) in [5.74, 6) is 1.15. The summed E-state index contributed by atoms with van der Waals surface area (Å²) in [6.45, 7) is 5.83. The van der Waals surface area contributed by atoms with Gasteiger partial charge in [-0.05, 0) is 55.0 Å². The molecule has 2 aromatic carbocycles. The van der Waals surface area contributed by atoms with E-state index in [-0.39, 0.29) is 5.82 Å². The van der Waals surface area contributed by atoms with Crippen molar-refractivity contribution in [3.05, 3.63) is 72.2 Å². The first-order valence-corrected chi connectivity index (χ1v) is 9.09. The van der Waals surface area contributed by atoms with Gasteiger partial charge in [-0.2, -0.15) is 4.98 Å². The van der Waals surface area contributed by atoms with Crippen LogP contribution in [0.15, 0.2) is 60.8 Å². The molecule has 0 atom stereocenters. The molecule has 0 aliphatic carbocycles. The van der Waals surface area contributed by atoms with E-state index in [2.05, 4.69) is 56.3 Å². The van der Waals surface area contributed by atoms with Crippen LogP contribution in [0.5, 0.6) is 0 Å². The third kappa shape index (κ3) is 4.16. The largest absolute Gasteiger partial charge is 0.368 e. The van der Waals surface area contributed by atoms with Crippen molar-refractivity contribution in [3.63, 3.8) is 0 Å². The maximum atomic E-state index is 13.0. The van der Waals surface area contributed by atoms with Crippen molar-refractivity contribution >= 4 is 23.1 Å². The van der Waals surface area contributed by atoms with Gasteiger partial charge in [-0.25, -0.2) is 9.37 Å². The van der Waals surface area contributed by atoms with Crippen molar-refractivity contribution in [2.75, 3.05) is 41.3 Å². The maximum absolute atomic E-state index is 13.0. The van der Waals surface area contributed by atoms with Crippen LogP contribution >= 0.6 is 0 Å². The Morgan fingerprint density at radius 1 is 0.926 bits per heavy atom. The lowest BCUT2D eigenvalue weighted by atomic mass is 10.2. The molecule has 138 valence electrons. The lowest BCUT2D eigenvalue weighted by molar-refractivity contribution is 0.628. The summed E-state index contributed by atoms with van der Waals surface area (Å²) in [4.78, 5) is 13.6. The van der Waals surface area contributed by atoms with Gasteiger partial charge in [0, 0.05) is 43.8 Å². The fourth-order valence-electron chi connectivity index (χ4n) is 3.27. The molecule has 5 nitrogen and oxygen atoms in total. The van der Waals surface area contributed by atoms with Gasteiger partial charge in [-0.1, -0.05) is 12.1 Å². The van der Waals surface area contributed by atoms with E-state index in [1.54, 1.807) is 18.3 Å². The molecule has 1 aliphatic heterocycles. The molecule has 0 saturated carbocycles. The molecule has 0 spiro atoms. The molecular weight excluding hydrogens is 341 g/mol. The highest BCUT2D eigenvalue weighted by molar-refractivity contribution is 5.55. The van der Waals surface area contributed by atoms with E-state index in [0.29, 0.717) is 5.95 Å². The van der Waals surface area contributed by atoms with Crippen LogP contribution in [0.1, 0.15) is 5.56 Å². The number of halogens is 1. The summed E-state index contributed by atoms with van der Waals surface area (Å²) < 4.78 is 13.0. The smallest absolute Gasteiger partial charge is 0.229 e. The fourth-order valence-corrected chi connectivity index (χ4v) is 3.27. The summed E-state index contributed by atoms with van der Waals surface area (Å²) in [5.41, 5.74) is 3.32. The van der Waals surface area contributed by atoms with Crippen molar-refractivity contribution in [2.45, 2.75) is 6.92 Å². The molecular formula is C21H22FN5. The molecule has 1 aromatic heterocycles. The predicted molar refractivity (Wildman–Crippen MR) is 107 cm³/mol. The number of benzene rings is 2. The van der Waals surface area contributed by atoms with Crippen LogP contribution in [0.2, 0.25) is 0 Å². The number of piperazine rings is 1. The highest BCUT2D eigenvalue weighted by Gasteiger charge is 2.18. The number of hydrogen-bond acceptors (Lipinski definition) is 5. The molecule has 1 aliphatic rings. The summed E-state index contributed by atoms with van der Waals surface area (Å²) in [6, 6.07) is 16.7. The van der Waals surface area contributed by atoms with Crippen LogP contribution in [-0.4, -0.2) is 36.1 Å². The maximum Gasteiger partial charge on any atom is 0.229 e.